The SMILES string of the molecule is CN(c1ncccc1C(F)(F)F)C1CCCN(C(=O)c2ccco2)C1. The molecule has 1 aliphatic rings. The number of nitrogens with zero attached hydrogens (tertiary/aromatic N) is 3. The number of piperidine rings is 1. The first kappa shape index (κ1) is 17.3. The number of carbonyl (C=O) groups is 1. The molecule has 2 aromatic rings. The maximum Gasteiger partial charge on any atom is 0.419 e. The fourth-order valence-corrected chi connectivity index (χ4v) is 3.08. The molecule has 0 saturated carbocycles. The van der Waals surface area contributed by atoms with E-state index in [1.165, 1.54) is 23.4 Å². The van der Waals surface area contributed by atoms with E-state index in [2.05, 4.69) is 4.98 Å². The number of halogens is 3. The Bertz CT molecular complexity index is 731. The van der Waals surface area contributed by atoms with Crippen LogP contribution in [-0.4, -0.2) is 42.0 Å². The van der Waals surface area contributed by atoms with E-state index in [1.54, 1.807) is 24.1 Å². The van der Waals surface area contributed by atoms with Crippen LogP contribution < -0.4 is 4.90 Å². The molecule has 1 amide bonds. The third-order valence-corrected chi connectivity index (χ3v) is 4.39. The number of pyridine rings is 1. The number of furan rings is 1. The number of amides is 1. The number of hydrogen-bond acceptors (Lipinski definition) is 4. The van der Waals surface area contributed by atoms with Crippen LogP contribution in [0.15, 0.2) is 41.1 Å². The van der Waals surface area contributed by atoms with E-state index in [1.807, 2.05) is 0 Å². The summed E-state index contributed by atoms with van der Waals surface area (Å²) >= 11 is 0. The maximum atomic E-state index is 13.2. The van der Waals surface area contributed by atoms with Crippen LogP contribution in [0.3, 0.4) is 0 Å². The summed E-state index contributed by atoms with van der Waals surface area (Å²) in [6.45, 7) is 0.877. The number of aromatic nitrogens is 1. The van der Waals surface area contributed by atoms with Crippen LogP contribution in [-0.2, 0) is 6.18 Å². The zero-order valence-electron chi connectivity index (χ0n) is 13.7. The third kappa shape index (κ3) is 3.62. The molecular formula is C17H18F3N3O2. The van der Waals surface area contributed by atoms with Crippen LogP contribution in [0.4, 0.5) is 19.0 Å². The summed E-state index contributed by atoms with van der Waals surface area (Å²) < 4.78 is 44.8. The average molecular weight is 353 g/mol. The third-order valence-electron chi connectivity index (χ3n) is 4.39. The van der Waals surface area contributed by atoms with E-state index in [-0.39, 0.29) is 23.5 Å². The normalized spacial score (nSPS) is 18.2. The lowest BCUT2D eigenvalue weighted by atomic mass is 10.0. The van der Waals surface area contributed by atoms with Crippen molar-refractivity contribution < 1.29 is 22.4 Å². The summed E-state index contributed by atoms with van der Waals surface area (Å²) in [5, 5.41) is 0. The zero-order chi connectivity index (χ0) is 18.0. The van der Waals surface area contributed by atoms with Gasteiger partial charge < -0.3 is 14.2 Å². The lowest BCUT2D eigenvalue weighted by Gasteiger charge is -2.38. The Hall–Kier alpha value is -2.51. The molecule has 3 rings (SSSR count). The molecule has 5 nitrogen and oxygen atoms in total. The maximum absolute atomic E-state index is 13.2. The Morgan fingerprint density at radius 1 is 1.36 bits per heavy atom. The Morgan fingerprint density at radius 2 is 2.16 bits per heavy atom. The van der Waals surface area contributed by atoms with Crippen molar-refractivity contribution in [2.24, 2.45) is 0 Å². The minimum Gasteiger partial charge on any atom is -0.459 e. The van der Waals surface area contributed by atoms with Crippen LogP contribution in [0.25, 0.3) is 0 Å². The molecule has 25 heavy (non-hydrogen) atoms. The molecule has 0 N–H and O–H groups in total. The van der Waals surface area contributed by atoms with Crippen molar-refractivity contribution in [3.8, 4) is 0 Å². The average Bonchev–Trinajstić information content (AvgIpc) is 3.14. The first-order valence-electron chi connectivity index (χ1n) is 7.95. The Labute approximate surface area is 143 Å². The highest BCUT2D eigenvalue weighted by Crippen LogP contribution is 2.36. The number of likely N-dealkylation sites (N-methyl/N-ethyl adjacent to an activating group) is 1. The number of carbonyl (C=O) groups excluding carboxylic acids is 1. The van der Waals surface area contributed by atoms with Crippen molar-refractivity contribution in [1.82, 2.24) is 9.88 Å². The zero-order valence-corrected chi connectivity index (χ0v) is 13.7. The van der Waals surface area contributed by atoms with E-state index >= 15 is 0 Å². The molecule has 1 fully saturated rings. The second-order valence-corrected chi connectivity index (χ2v) is 6.01. The van der Waals surface area contributed by atoms with Gasteiger partial charge in [-0.15, -0.1) is 0 Å². The van der Waals surface area contributed by atoms with Gasteiger partial charge in [0.15, 0.2) is 5.76 Å². The summed E-state index contributed by atoms with van der Waals surface area (Å²) in [6, 6.07) is 5.26. The van der Waals surface area contributed by atoms with E-state index in [0.29, 0.717) is 25.9 Å². The second-order valence-electron chi connectivity index (χ2n) is 6.01. The van der Waals surface area contributed by atoms with Gasteiger partial charge in [-0.25, -0.2) is 4.98 Å². The quantitative estimate of drug-likeness (QED) is 0.848. The van der Waals surface area contributed by atoms with Crippen molar-refractivity contribution in [1.29, 1.82) is 0 Å². The van der Waals surface area contributed by atoms with Crippen molar-refractivity contribution in [3.63, 3.8) is 0 Å². The number of alkyl halides is 3. The smallest absolute Gasteiger partial charge is 0.419 e. The van der Waals surface area contributed by atoms with Crippen LogP contribution in [0.1, 0.15) is 29.0 Å². The molecular weight excluding hydrogens is 335 g/mol. The van der Waals surface area contributed by atoms with Gasteiger partial charge in [0.1, 0.15) is 5.82 Å². The molecule has 0 radical (unpaired) electrons. The minimum absolute atomic E-state index is 0.118. The Kier molecular flexibility index (Phi) is 4.69. The molecule has 2 aromatic heterocycles. The van der Waals surface area contributed by atoms with Crippen LogP contribution in [0.5, 0.6) is 0 Å². The van der Waals surface area contributed by atoms with Gasteiger partial charge in [0.2, 0.25) is 0 Å². The lowest BCUT2D eigenvalue weighted by Crippen LogP contribution is -2.49. The molecule has 3 heterocycles. The number of hydrogen-bond donors (Lipinski definition) is 0. The van der Waals surface area contributed by atoms with E-state index < -0.39 is 11.7 Å². The molecule has 1 atom stereocenters. The topological polar surface area (TPSA) is 49.6 Å². The number of rotatable bonds is 3. The van der Waals surface area contributed by atoms with E-state index in [0.717, 1.165) is 6.07 Å². The summed E-state index contributed by atoms with van der Waals surface area (Å²) in [4.78, 5) is 19.5. The standard InChI is InChI=1S/C17H18F3N3O2/c1-22(15-13(17(18,19)20)6-2-8-21-15)12-5-3-9-23(11-12)16(24)14-7-4-10-25-14/h2,4,6-8,10,12H,3,5,9,11H2,1H3. The van der Waals surface area contributed by atoms with Crippen molar-refractivity contribution in [2.45, 2.75) is 25.1 Å². The molecule has 8 heteroatoms. The van der Waals surface area contributed by atoms with Gasteiger partial charge in [0.25, 0.3) is 5.91 Å². The van der Waals surface area contributed by atoms with Gasteiger partial charge in [-0.2, -0.15) is 13.2 Å². The first-order chi connectivity index (χ1) is 11.9. The summed E-state index contributed by atoms with van der Waals surface area (Å²) in [6.07, 6.45) is -0.321. The predicted octanol–water partition coefficient (Wildman–Crippen LogP) is 3.43. The fraction of sp³-hybridized carbons (Fsp3) is 0.412. The predicted molar refractivity (Wildman–Crippen MR) is 85.3 cm³/mol. The minimum atomic E-state index is -4.48. The molecule has 0 bridgehead atoms. The van der Waals surface area contributed by atoms with Crippen molar-refractivity contribution in [2.75, 3.05) is 25.0 Å². The molecule has 0 spiro atoms. The van der Waals surface area contributed by atoms with E-state index in [4.69, 9.17) is 4.42 Å². The fourth-order valence-electron chi connectivity index (χ4n) is 3.08. The molecule has 1 aliphatic heterocycles. The Morgan fingerprint density at radius 3 is 2.84 bits per heavy atom. The second kappa shape index (κ2) is 6.78. The largest absolute Gasteiger partial charge is 0.459 e. The highest BCUT2D eigenvalue weighted by Gasteiger charge is 2.37. The van der Waals surface area contributed by atoms with Gasteiger partial charge >= 0.3 is 6.18 Å². The monoisotopic (exact) mass is 353 g/mol. The van der Waals surface area contributed by atoms with Crippen LogP contribution >= 0.6 is 0 Å². The molecule has 134 valence electrons. The van der Waals surface area contributed by atoms with Crippen LogP contribution in [0, 0.1) is 0 Å². The molecule has 0 aromatic carbocycles. The highest BCUT2D eigenvalue weighted by atomic mass is 19.4. The van der Waals surface area contributed by atoms with E-state index in [9.17, 15) is 18.0 Å². The van der Waals surface area contributed by atoms with Gasteiger partial charge in [-0.1, -0.05) is 0 Å². The summed E-state index contributed by atoms with van der Waals surface area (Å²) in [7, 11) is 1.59. The molecule has 0 aliphatic carbocycles. The summed E-state index contributed by atoms with van der Waals surface area (Å²) in [5.41, 5.74) is -0.771. The van der Waals surface area contributed by atoms with Gasteiger partial charge in [-0.05, 0) is 37.1 Å². The van der Waals surface area contributed by atoms with Gasteiger partial charge in [-0.3, -0.25) is 4.79 Å². The van der Waals surface area contributed by atoms with Gasteiger partial charge in [0.05, 0.1) is 11.8 Å². The highest BCUT2D eigenvalue weighted by molar-refractivity contribution is 5.91. The molecule has 1 unspecified atom stereocenters. The van der Waals surface area contributed by atoms with Crippen molar-refractivity contribution in [3.05, 3.63) is 48.0 Å². The Balaban J connectivity index is 1.79. The number of anilines is 1. The van der Waals surface area contributed by atoms with Crippen molar-refractivity contribution >= 4 is 11.7 Å². The summed E-state index contributed by atoms with van der Waals surface area (Å²) in [5.74, 6) is -0.135. The lowest BCUT2D eigenvalue weighted by molar-refractivity contribution is -0.137. The molecule has 1 saturated heterocycles. The van der Waals surface area contributed by atoms with Crippen LogP contribution in [0.2, 0.25) is 0 Å². The first-order valence-corrected chi connectivity index (χ1v) is 7.95. The van der Waals surface area contributed by atoms with Gasteiger partial charge in [0, 0.05) is 32.4 Å². The number of likely N-dealkylation sites (tertiary alicyclic amines) is 1.